The van der Waals surface area contributed by atoms with Crippen LogP contribution in [0.25, 0.3) is 0 Å². The van der Waals surface area contributed by atoms with E-state index in [2.05, 4.69) is 0 Å². The maximum atomic E-state index is 13.9. The Bertz CT molecular complexity index is 643. The number of rotatable bonds is 3. The van der Waals surface area contributed by atoms with Gasteiger partial charge in [-0.25, -0.2) is 4.39 Å². The highest BCUT2D eigenvalue weighted by atomic mass is 19.4. The van der Waals surface area contributed by atoms with Crippen LogP contribution in [0.1, 0.15) is 17.3 Å². The molecule has 24 heavy (non-hydrogen) atoms. The lowest BCUT2D eigenvalue weighted by atomic mass is 10.1. The highest BCUT2D eigenvalue weighted by Gasteiger charge is 2.41. The summed E-state index contributed by atoms with van der Waals surface area (Å²) in [7, 11) is 0. The molecule has 1 heterocycles. The SMILES string of the molecule is C[C@H](N1CCN(C(=O)c2ccc([N+](=O)[O-])cc2F)CC1)C(F)(F)F. The van der Waals surface area contributed by atoms with Crippen LogP contribution in [-0.2, 0) is 0 Å². The number of nitrogens with zero attached hydrogens (tertiary/aromatic N) is 3. The molecule has 0 unspecified atom stereocenters. The van der Waals surface area contributed by atoms with Gasteiger partial charge in [0.2, 0.25) is 0 Å². The van der Waals surface area contributed by atoms with Crippen LogP contribution in [-0.4, -0.2) is 59.0 Å². The summed E-state index contributed by atoms with van der Waals surface area (Å²) in [6, 6.07) is 1.06. The van der Waals surface area contributed by atoms with Crippen LogP contribution in [0, 0.1) is 15.9 Å². The molecule has 1 fully saturated rings. The molecule has 1 aromatic carbocycles. The van der Waals surface area contributed by atoms with Gasteiger partial charge in [0.05, 0.1) is 16.6 Å². The molecule has 0 N–H and O–H groups in total. The van der Waals surface area contributed by atoms with Crippen molar-refractivity contribution in [2.24, 2.45) is 0 Å². The summed E-state index contributed by atoms with van der Waals surface area (Å²) in [5.74, 6) is -1.72. The molecule has 1 amide bonds. The largest absolute Gasteiger partial charge is 0.403 e. The molecule has 1 aliphatic heterocycles. The van der Waals surface area contributed by atoms with Crippen LogP contribution < -0.4 is 0 Å². The molecular formula is C14H15F4N3O3. The average molecular weight is 349 g/mol. The Morgan fingerprint density at radius 3 is 2.29 bits per heavy atom. The Hall–Kier alpha value is -2.23. The fourth-order valence-electron chi connectivity index (χ4n) is 2.48. The highest BCUT2D eigenvalue weighted by molar-refractivity contribution is 5.94. The highest BCUT2D eigenvalue weighted by Crippen LogP contribution is 2.26. The summed E-state index contributed by atoms with van der Waals surface area (Å²) in [5.41, 5.74) is -0.814. The van der Waals surface area contributed by atoms with Gasteiger partial charge in [-0.2, -0.15) is 13.2 Å². The van der Waals surface area contributed by atoms with Gasteiger partial charge in [0.25, 0.3) is 11.6 Å². The molecule has 0 aliphatic carbocycles. The second-order valence-corrected chi connectivity index (χ2v) is 5.47. The van der Waals surface area contributed by atoms with E-state index in [1.165, 1.54) is 9.80 Å². The van der Waals surface area contributed by atoms with E-state index < -0.39 is 34.6 Å². The maximum absolute atomic E-state index is 13.9. The van der Waals surface area contributed by atoms with E-state index in [0.717, 1.165) is 19.1 Å². The van der Waals surface area contributed by atoms with Crippen LogP contribution >= 0.6 is 0 Å². The molecule has 2 rings (SSSR count). The van der Waals surface area contributed by atoms with E-state index in [1.807, 2.05) is 0 Å². The van der Waals surface area contributed by atoms with Crippen molar-refractivity contribution in [2.75, 3.05) is 26.2 Å². The molecule has 0 bridgehead atoms. The Morgan fingerprint density at radius 2 is 1.83 bits per heavy atom. The number of non-ortho nitro benzene ring substituents is 1. The van der Waals surface area contributed by atoms with Gasteiger partial charge < -0.3 is 4.90 Å². The predicted molar refractivity (Wildman–Crippen MR) is 76.0 cm³/mol. The first-order chi connectivity index (χ1) is 11.1. The molecule has 0 saturated carbocycles. The van der Waals surface area contributed by atoms with Crippen molar-refractivity contribution < 1.29 is 27.3 Å². The molecule has 10 heteroatoms. The number of hydrogen-bond acceptors (Lipinski definition) is 4. The summed E-state index contributed by atoms with van der Waals surface area (Å²) < 4.78 is 51.9. The molecular weight excluding hydrogens is 334 g/mol. The van der Waals surface area contributed by atoms with Crippen molar-refractivity contribution in [3.63, 3.8) is 0 Å². The molecule has 0 aromatic heterocycles. The number of hydrogen-bond donors (Lipinski definition) is 0. The quantitative estimate of drug-likeness (QED) is 0.478. The maximum Gasteiger partial charge on any atom is 0.403 e. The van der Waals surface area contributed by atoms with Crippen molar-refractivity contribution in [1.29, 1.82) is 0 Å². The first-order valence-corrected chi connectivity index (χ1v) is 7.15. The third-order valence-electron chi connectivity index (χ3n) is 4.02. The molecule has 6 nitrogen and oxygen atoms in total. The molecule has 0 spiro atoms. The zero-order valence-corrected chi connectivity index (χ0v) is 12.7. The number of alkyl halides is 3. The third kappa shape index (κ3) is 3.81. The summed E-state index contributed by atoms with van der Waals surface area (Å²) in [5, 5.41) is 10.6. The van der Waals surface area contributed by atoms with Crippen molar-refractivity contribution in [3.05, 3.63) is 39.7 Å². The number of halogens is 4. The van der Waals surface area contributed by atoms with E-state index in [9.17, 15) is 32.5 Å². The minimum atomic E-state index is -4.35. The number of carbonyl (C=O) groups is 1. The summed E-state index contributed by atoms with van der Waals surface area (Å²) >= 11 is 0. The summed E-state index contributed by atoms with van der Waals surface area (Å²) in [6.07, 6.45) is -4.35. The second kappa shape index (κ2) is 6.71. The lowest BCUT2D eigenvalue weighted by Crippen LogP contribution is -2.54. The zero-order valence-electron chi connectivity index (χ0n) is 12.7. The Labute approximate surface area is 134 Å². The van der Waals surface area contributed by atoms with Crippen LogP contribution in [0.5, 0.6) is 0 Å². The van der Waals surface area contributed by atoms with Gasteiger partial charge in [-0.15, -0.1) is 0 Å². The van der Waals surface area contributed by atoms with E-state index in [-0.39, 0.29) is 31.7 Å². The minimum absolute atomic E-state index is 0.0149. The predicted octanol–water partition coefficient (Wildman–Crippen LogP) is 2.44. The summed E-state index contributed by atoms with van der Waals surface area (Å²) in [4.78, 5) is 24.5. The second-order valence-electron chi connectivity index (χ2n) is 5.47. The van der Waals surface area contributed by atoms with Gasteiger partial charge in [-0.05, 0) is 13.0 Å². The lowest BCUT2D eigenvalue weighted by Gasteiger charge is -2.38. The fraction of sp³-hybridized carbons (Fsp3) is 0.500. The van der Waals surface area contributed by atoms with Crippen LogP contribution in [0.15, 0.2) is 18.2 Å². The van der Waals surface area contributed by atoms with Crippen molar-refractivity contribution in [1.82, 2.24) is 9.80 Å². The normalized spacial score (nSPS) is 17.6. The third-order valence-corrected chi connectivity index (χ3v) is 4.02. The number of amides is 1. The van der Waals surface area contributed by atoms with E-state index in [4.69, 9.17) is 0 Å². The Balaban J connectivity index is 2.04. The van der Waals surface area contributed by atoms with Crippen molar-refractivity contribution in [2.45, 2.75) is 19.1 Å². The van der Waals surface area contributed by atoms with E-state index in [0.29, 0.717) is 6.07 Å². The number of nitro groups is 1. The smallest absolute Gasteiger partial charge is 0.336 e. The number of piperazine rings is 1. The lowest BCUT2D eigenvalue weighted by molar-refractivity contribution is -0.385. The van der Waals surface area contributed by atoms with E-state index >= 15 is 0 Å². The molecule has 1 saturated heterocycles. The Kier molecular flexibility index (Phi) is 5.07. The van der Waals surface area contributed by atoms with Crippen LogP contribution in [0.4, 0.5) is 23.2 Å². The van der Waals surface area contributed by atoms with E-state index in [1.54, 1.807) is 0 Å². The monoisotopic (exact) mass is 349 g/mol. The summed E-state index contributed by atoms with van der Waals surface area (Å²) in [6.45, 7) is 1.13. The fourth-order valence-corrected chi connectivity index (χ4v) is 2.48. The van der Waals surface area contributed by atoms with Gasteiger partial charge in [-0.3, -0.25) is 19.8 Å². The first kappa shape index (κ1) is 18.1. The standard InChI is InChI=1S/C14H15F4N3O3/c1-9(14(16,17)18)19-4-6-20(7-5-19)13(22)11-3-2-10(21(23)24)8-12(11)15/h2-3,8-9H,4-7H2,1H3/t9-/m0/s1. The van der Waals surface area contributed by atoms with Gasteiger partial charge in [0.15, 0.2) is 0 Å². The van der Waals surface area contributed by atoms with Crippen molar-refractivity contribution in [3.8, 4) is 0 Å². The molecule has 1 atom stereocenters. The number of nitro benzene ring substituents is 1. The molecule has 1 aromatic rings. The van der Waals surface area contributed by atoms with Crippen LogP contribution in [0.3, 0.4) is 0 Å². The topological polar surface area (TPSA) is 66.7 Å². The molecule has 132 valence electrons. The minimum Gasteiger partial charge on any atom is -0.336 e. The van der Waals surface area contributed by atoms with Gasteiger partial charge in [0.1, 0.15) is 11.9 Å². The van der Waals surface area contributed by atoms with Crippen LogP contribution in [0.2, 0.25) is 0 Å². The van der Waals surface area contributed by atoms with Crippen molar-refractivity contribution >= 4 is 11.6 Å². The Morgan fingerprint density at radius 1 is 1.25 bits per heavy atom. The molecule has 0 radical (unpaired) electrons. The first-order valence-electron chi connectivity index (χ1n) is 7.15. The van der Waals surface area contributed by atoms with Gasteiger partial charge in [0, 0.05) is 32.2 Å². The zero-order chi connectivity index (χ0) is 18.1. The van der Waals surface area contributed by atoms with Gasteiger partial charge >= 0.3 is 6.18 Å². The average Bonchev–Trinajstić information content (AvgIpc) is 2.52. The number of carbonyl (C=O) groups excluding carboxylic acids is 1. The van der Waals surface area contributed by atoms with Gasteiger partial charge in [-0.1, -0.05) is 0 Å². The molecule has 1 aliphatic rings. The number of benzene rings is 1.